The van der Waals surface area contributed by atoms with E-state index in [0.29, 0.717) is 59.7 Å². The van der Waals surface area contributed by atoms with Crippen LogP contribution in [-0.2, 0) is 29.4 Å². The fourth-order valence-electron chi connectivity index (χ4n) is 10.2. The van der Waals surface area contributed by atoms with Crippen LogP contribution >= 0.6 is 7.60 Å². The van der Waals surface area contributed by atoms with Crippen molar-refractivity contribution in [3.8, 4) is 0 Å². The van der Waals surface area contributed by atoms with Crippen molar-refractivity contribution in [2.75, 3.05) is 44.2 Å². The number of piperazine rings is 1. The lowest BCUT2D eigenvalue weighted by Crippen LogP contribution is -2.62. The molecule has 2 aromatic heterocycles. The van der Waals surface area contributed by atoms with Crippen LogP contribution in [0.25, 0.3) is 32.8 Å². The molecule has 6 heterocycles. The molecule has 4 saturated heterocycles. The first-order valence-electron chi connectivity index (χ1n) is 22.7. The van der Waals surface area contributed by atoms with Crippen LogP contribution < -0.4 is 21.2 Å². The van der Waals surface area contributed by atoms with E-state index in [1.165, 1.54) is 38.6 Å². The Morgan fingerprint density at radius 3 is 2.39 bits per heavy atom. The van der Waals surface area contributed by atoms with E-state index in [9.17, 15) is 56.7 Å². The van der Waals surface area contributed by atoms with E-state index in [4.69, 9.17) is 4.52 Å². The number of hydrogen-bond donors (Lipinski definition) is 5. The molecular weight excluding hydrogens is 936 g/mol. The average Bonchev–Trinajstić information content (AvgIpc) is 4.05. The number of imide groups is 1. The smallest absolute Gasteiger partial charge is 0.368 e. The van der Waals surface area contributed by atoms with Gasteiger partial charge in [0, 0.05) is 62.0 Å². The summed E-state index contributed by atoms with van der Waals surface area (Å²) >= 11 is 0. The normalized spacial score (nSPS) is 21.5. The second-order valence-corrected chi connectivity index (χ2v) is 19.9. The third kappa shape index (κ3) is 8.28. The Morgan fingerprint density at radius 1 is 0.857 bits per heavy atom. The van der Waals surface area contributed by atoms with Crippen LogP contribution in [0.1, 0.15) is 70.1 Å². The summed E-state index contributed by atoms with van der Waals surface area (Å²) in [6.45, 7) is 2.99. The molecule has 0 spiro atoms. The number of aromatic amines is 1. The second kappa shape index (κ2) is 17.6. The number of rotatable bonds is 8. The molecular formula is C47H46F2N9O11P. The fourth-order valence-corrected chi connectivity index (χ4v) is 10.7. The SMILES string of the molecule is Cc1ccc2onc(C(=O)N3CC[C@H]4CC[C@@H](C(=O)N5CCN(c6ccc7[nH]c(=O)n(C8CCC(=O)NC8=O)c7c6)CC5)N4C(=O)[C@@H](NC(=O)c4ccc5ccc(C(F)(F)P(=O)(O)O)cc5c4)C3)c2c1. The van der Waals surface area contributed by atoms with Crippen molar-refractivity contribution < 1.29 is 56.4 Å². The molecule has 0 aliphatic carbocycles. The lowest BCUT2D eigenvalue weighted by atomic mass is 10.0. The van der Waals surface area contributed by atoms with Gasteiger partial charge >= 0.3 is 18.9 Å². The average molecular weight is 982 g/mol. The number of H-pyrrole nitrogens is 1. The first-order chi connectivity index (χ1) is 33.4. The van der Waals surface area contributed by atoms with E-state index in [2.05, 4.69) is 20.8 Å². The number of hydrogen-bond acceptors (Lipinski definition) is 11. The van der Waals surface area contributed by atoms with Crippen LogP contribution in [0.5, 0.6) is 0 Å². The van der Waals surface area contributed by atoms with Gasteiger partial charge < -0.3 is 44.2 Å². The summed E-state index contributed by atoms with van der Waals surface area (Å²) in [7, 11) is -5.90. The number of piperidine rings is 1. The Morgan fingerprint density at radius 2 is 1.63 bits per heavy atom. The number of aryl methyl sites for hydroxylation is 1. The van der Waals surface area contributed by atoms with Crippen molar-refractivity contribution in [3.63, 3.8) is 0 Å². The predicted molar refractivity (Wildman–Crippen MR) is 247 cm³/mol. The van der Waals surface area contributed by atoms with Gasteiger partial charge in [-0.15, -0.1) is 0 Å². The van der Waals surface area contributed by atoms with Crippen LogP contribution in [0.2, 0.25) is 0 Å². The molecule has 10 rings (SSSR count). The number of benzene rings is 4. The van der Waals surface area contributed by atoms with Gasteiger partial charge in [0.25, 0.3) is 11.8 Å². The fraction of sp³-hybridized carbons (Fsp3) is 0.362. The molecule has 4 atom stereocenters. The zero-order valence-electron chi connectivity index (χ0n) is 37.5. The molecule has 0 radical (unpaired) electrons. The minimum atomic E-state index is -5.90. The number of aromatic nitrogens is 3. The summed E-state index contributed by atoms with van der Waals surface area (Å²) in [5.74, 6) is -3.22. The van der Waals surface area contributed by atoms with Gasteiger partial charge in [0.05, 0.1) is 23.0 Å². The Balaban J connectivity index is 0.896. The first-order valence-corrected chi connectivity index (χ1v) is 24.4. The minimum Gasteiger partial charge on any atom is -0.368 e. The lowest BCUT2D eigenvalue weighted by Gasteiger charge is -2.41. The molecule has 4 fully saturated rings. The molecule has 364 valence electrons. The number of alkyl halides is 2. The number of carbonyl (C=O) groups is 6. The van der Waals surface area contributed by atoms with Gasteiger partial charge in [-0.2, -0.15) is 8.78 Å². The zero-order valence-corrected chi connectivity index (χ0v) is 38.4. The number of anilines is 1. The van der Waals surface area contributed by atoms with Gasteiger partial charge in [-0.3, -0.25) is 43.2 Å². The maximum Gasteiger partial charge on any atom is 0.399 e. The molecule has 70 heavy (non-hydrogen) atoms. The largest absolute Gasteiger partial charge is 0.399 e. The maximum atomic E-state index is 15.0. The summed E-state index contributed by atoms with van der Waals surface area (Å²) in [5.41, 5.74) is -3.02. The van der Waals surface area contributed by atoms with Gasteiger partial charge in [0.1, 0.15) is 18.1 Å². The van der Waals surface area contributed by atoms with Crippen molar-refractivity contribution in [1.29, 1.82) is 0 Å². The minimum absolute atomic E-state index is 0.0152. The number of nitrogens with zero attached hydrogens (tertiary/aromatic N) is 6. The van der Waals surface area contributed by atoms with Crippen molar-refractivity contribution in [2.45, 2.75) is 68.9 Å². The third-order valence-electron chi connectivity index (χ3n) is 13.9. The summed E-state index contributed by atoms with van der Waals surface area (Å²) in [6.07, 6.45) is 1.32. The van der Waals surface area contributed by atoms with E-state index in [0.717, 1.165) is 23.4 Å². The second-order valence-electron chi connectivity index (χ2n) is 18.2. The van der Waals surface area contributed by atoms with Crippen LogP contribution in [-0.4, -0.2) is 132 Å². The number of nitrogens with one attached hydrogen (secondary N) is 3. The summed E-state index contributed by atoms with van der Waals surface area (Å²) < 4.78 is 47.9. The van der Waals surface area contributed by atoms with E-state index in [1.54, 1.807) is 29.2 Å². The number of amides is 6. The zero-order chi connectivity index (χ0) is 49.4. The number of imidazole rings is 1. The summed E-state index contributed by atoms with van der Waals surface area (Å²) in [6, 6.07) is 14.1. The highest BCUT2D eigenvalue weighted by molar-refractivity contribution is 7.52. The van der Waals surface area contributed by atoms with Gasteiger partial charge in [-0.25, -0.2) is 4.79 Å². The van der Waals surface area contributed by atoms with E-state index in [-0.39, 0.29) is 61.6 Å². The Labute approximate surface area is 395 Å². The molecule has 1 unspecified atom stereocenters. The quantitative estimate of drug-likeness (QED) is 0.108. The molecule has 4 aliphatic rings. The Bertz CT molecular complexity index is 3290. The molecule has 4 aromatic carbocycles. The highest BCUT2D eigenvalue weighted by atomic mass is 31.2. The molecule has 20 nitrogen and oxygen atoms in total. The van der Waals surface area contributed by atoms with Crippen molar-refractivity contribution in [1.82, 2.24) is 40.0 Å². The van der Waals surface area contributed by atoms with Crippen LogP contribution in [0.3, 0.4) is 0 Å². The highest BCUT2D eigenvalue weighted by Crippen LogP contribution is 2.59. The molecule has 23 heteroatoms. The lowest BCUT2D eigenvalue weighted by molar-refractivity contribution is -0.147. The van der Waals surface area contributed by atoms with Crippen molar-refractivity contribution in [3.05, 3.63) is 106 Å². The third-order valence-corrected chi connectivity index (χ3v) is 14.9. The number of fused-ring (bicyclic) bond motifs is 4. The van der Waals surface area contributed by atoms with E-state index < -0.39 is 78.2 Å². The van der Waals surface area contributed by atoms with Gasteiger partial charge in [-0.1, -0.05) is 35.0 Å². The summed E-state index contributed by atoms with van der Waals surface area (Å²) in [4.78, 5) is 124. The summed E-state index contributed by atoms with van der Waals surface area (Å²) in [5, 5.41) is 10.0. The topological polar surface area (TPSA) is 261 Å². The standard InChI is InChI=1S/C47H46F2N9O11P/c1-25-2-12-38-32(20-25)40(53-69-38)45(64)56-15-14-30-8-10-36(57(30)43(62)34(24-56)50-41(60)27-4-3-26-5-6-29(22-28(26)21-27)47(48,49)70(66,67)68)44(63)55-18-16-54(17-19-55)31-7-9-33-37(23-31)58(46(65)51-33)35-11-13-39(59)52-42(35)61/h2-7,9,12,20-23,30,34-36H,8,10-11,13-19,24H2,1H3,(H,50,60)(H,51,65)(H,52,59,61)(H2,66,67,68)/t30-,34+,35?,36+/m1/s1. The molecule has 6 amide bonds. The highest BCUT2D eigenvalue weighted by Gasteiger charge is 2.51. The Kier molecular flexibility index (Phi) is 11.7. The maximum absolute atomic E-state index is 15.0. The predicted octanol–water partition coefficient (Wildman–Crippen LogP) is 3.49. The molecule has 5 N–H and O–H groups in total. The van der Waals surface area contributed by atoms with Crippen LogP contribution in [0.4, 0.5) is 14.5 Å². The van der Waals surface area contributed by atoms with E-state index >= 15 is 0 Å². The molecule has 4 aliphatic heterocycles. The van der Waals surface area contributed by atoms with Gasteiger partial charge in [0.15, 0.2) is 11.3 Å². The van der Waals surface area contributed by atoms with Crippen LogP contribution in [0.15, 0.2) is 82.1 Å². The molecule has 0 bridgehead atoms. The van der Waals surface area contributed by atoms with Crippen LogP contribution in [0, 0.1) is 6.92 Å². The Hall–Kier alpha value is -7.29. The van der Waals surface area contributed by atoms with Gasteiger partial charge in [0.2, 0.25) is 23.6 Å². The number of halogens is 2. The van der Waals surface area contributed by atoms with Gasteiger partial charge in [-0.05, 0) is 91.9 Å². The van der Waals surface area contributed by atoms with Crippen molar-refractivity contribution in [2.24, 2.45) is 0 Å². The number of carbonyl (C=O) groups excluding carboxylic acids is 6. The molecule has 0 saturated carbocycles. The first kappa shape index (κ1) is 46.4. The van der Waals surface area contributed by atoms with E-state index in [1.807, 2.05) is 24.0 Å². The monoisotopic (exact) mass is 981 g/mol. The van der Waals surface area contributed by atoms with Crippen molar-refractivity contribution >= 4 is 81.5 Å². The molecule has 6 aromatic rings.